The van der Waals surface area contributed by atoms with Crippen molar-refractivity contribution < 1.29 is 9.90 Å². The molecule has 0 bridgehead atoms. The van der Waals surface area contributed by atoms with Crippen LogP contribution in [0.1, 0.15) is 36.5 Å². The molecule has 18 heavy (non-hydrogen) atoms. The zero-order valence-corrected chi connectivity index (χ0v) is 11.3. The fourth-order valence-corrected chi connectivity index (χ4v) is 2.82. The van der Waals surface area contributed by atoms with Gasteiger partial charge in [0.2, 0.25) is 0 Å². The minimum absolute atomic E-state index is 0.231. The Hall–Kier alpha value is -1.22. The molecule has 0 spiro atoms. The van der Waals surface area contributed by atoms with Crippen LogP contribution in [0.25, 0.3) is 0 Å². The second kappa shape index (κ2) is 5.61. The Kier molecular flexibility index (Phi) is 4.12. The second-order valence-corrected chi connectivity index (χ2v) is 5.18. The van der Waals surface area contributed by atoms with E-state index in [1.165, 1.54) is 6.42 Å². The number of anilines is 1. The number of benzene rings is 1. The lowest BCUT2D eigenvalue weighted by molar-refractivity contribution is 0.0697. The zero-order valence-electron chi connectivity index (χ0n) is 10.5. The van der Waals surface area contributed by atoms with E-state index in [9.17, 15) is 9.90 Å². The van der Waals surface area contributed by atoms with Crippen LogP contribution in [0.3, 0.4) is 0 Å². The molecule has 98 valence electrons. The fourth-order valence-electron chi connectivity index (χ4n) is 2.57. The number of carbonyl (C=O) groups is 1. The first kappa shape index (κ1) is 13.2. The molecule has 0 amide bonds. The third kappa shape index (κ3) is 2.61. The molecule has 1 aliphatic heterocycles. The summed E-state index contributed by atoms with van der Waals surface area (Å²) < 4.78 is 0. The van der Waals surface area contributed by atoms with Crippen molar-refractivity contribution in [3.63, 3.8) is 0 Å². The summed E-state index contributed by atoms with van der Waals surface area (Å²) in [5.41, 5.74) is 0.985. The Labute approximate surface area is 112 Å². The average molecular weight is 268 g/mol. The van der Waals surface area contributed by atoms with Crippen molar-refractivity contribution in [2.45, 2.75) is 26.2 Å². The van der Waals surface area contributed by atoms with Crippen LogP contribution in [0.15, 0.2) is 18.2 Å². The van der Waals surface area contributed by atoms with Gasteiger partial charge in [-0.25, -0.2) is 4.79 Å². The van der Waals surface area contributed by atoms with E-state index in [0.717, 1.165) is 37.5 Å². The Morgan fingerprint density at radius 1 is 1.44 bits per heavy atom. The van der Waals surface area contributed by atoms with Gasteiger partial charge in [-0.05, 0) is 30.9 Å². The molecule has 1 fully saturated rings. The summed E-state index contributed by atoms with van der Waals surface area (Å²) in [6, 6.07) is 5.30. The maximum Gasteiger partial charge on any atom is 0.339 e. The minimum Gasteiger partial charge on any atom is -0.478 e. The Morgan fingerprint density at radius 3 is 2.67 bits per heavy atom. The predicted molar refractivity (Wildman–Crippen MR) is 73.6 cm³/mol. The van der Waals surface area contributed by atoms with E-state index in [1.807, 2.05) is 12.1 Å². The Morgan fingerprint density at radius 2 is 2.11 bits per heavy atom. The summed E-state index contributed by atoms with van der Waals surface area (Å²) >= 11 is 5.99. The molecule has 0 atom stereocenters. The van der Waals surface area contributed by atoms with E-state index in [2.05, 4.69) is 11.8 Å². The number of aromatic carboxylic acids is 1. The van der Waals surface area contributed by atoms with Crippen molar-refractivity contribution in [3.05, 3.63) is 28.8 Å². The first-order chi connectivity index (χ1) is 8.63. The van der Waals surface area contributed by atoms with Crippen LogP contribution in [-0.4, -0.2) is 24.2 Å². The third-order valence-corrected chi connectivity index (χ3v) is 4.05. The van der Waals surface area contributed by atoms with E-state index in [-0.39, 0.29) is 5.56 Å². The van der Waals surface area contributed by atoms with Crippen molar-refractivity contribution in [3.8, 4) is 0 Å². The minimum atomic E-state index is -0.951. The van der Waals surface area contributed by atoms with Gasteiger partial charge in [0.05, 0.1) is 10.7 Å². The predicted octanol–water partition coefficient (Wildman–Crippen LogP) is 3.66. The van der Waals surface area contributed by atoms with Gasteiger partial charge < -0.3 is 10.0 Å². The molecule has 0 aliphatic carbocycles. The number of hydrogen-bond acceptors (Lipinski definition) is 2. The Balaban J connectivity index is 2.24. The second-order valence-electron chi connectivity index (χ2n) is 4.78. The fraction of sp³-hybridized carbons (Fsp3) is 0.500. The van der Waals surface area contributed by atoms with Gasteiger partial charge in [-0.1, -0.05) is 31.0 Å². The van der Waals surface area contributed by atoms with E-state index >= 15 is 0 Å². The molecule has 2 rings (SSSR count). The Bertz CT molecular complexity index is 439. The summed E-state index contributed by atoms with van der Waals surface area (Å²) in [4.78, 5) is 13.4. The van der Waals surface area contributed by atoms with Gasteiger partial charge in [-0.3, -0.25) is 0 Å². The molecule has 1 saturated heterocycles. The van der Waals surface area contributed by atoms with E-state index in [1.54, 1.807) is 6.07 Å². The van der Waals surface area contributed by atoms with Gasteiger partial charge in [0.15, 0.2) is 0 Å². The van der Waals surface area contributed by atoms with Crippen molar-refractivity contribution in [2.75, 3.05) is 18.0 Å². The molecule has 4 heteroatoms. The monoisotopic (exact) mass is 267 g/mol. The SMILES string of the molecule is CCC1CCN(c2cccc(Cl)c2C(=O)O)CC1. The molecule has 0 saturated carbocycles. The largest absolute Gasteiger partial charge is 0.478 e. The summed E-state index contributed by atoms with van der Waals surface area (Å²) in [5.74, 6) is -0.179. The van der Waals surface area contributed by atoms with Gasteiger partial charge in [-0.2, -0.15) is 0 Å². The third-order valence-electron chi connectivity index (χ3n) is 3.74. The van der Waals surface area contributed by atoms with Gasteiger partial charge in [-0.15, -0.1) is 0 Å². The molecule has 1 aromatic carbocycles. The number of rotatable bonds is 3. The van der Waals surface area contributed by atoms with Crippen LogP contribution in [0.4, 0.5) is 5.69 Å². The number of nitrogens with zero attached hydrogens (tertiary/aromatic N) is 1. The van der Waals surface area contributed by atoms with Crippen LogP contribution in [0.2, 0.25) is 5.02 Å². The van der Waals surface area contributed by atoms with Crippen LogP contribution in [-0.2, 0) is 0 Å². The van der Waals surface area contributed by atoms with Crippen molar-refractivity contribution in [1.29, 1.82) is 0 Å². The van der Waals surface area contributed by atoms with Crippen LogP contribution in [0, 0.1) is 5.92 Å². The normalized spacial score (nSPS) is 16.9. The van der Waals surface area contributed by atoms with Crippen molar-refractivity contribution in [1.82, 2.24) is 0 Å². The number of carboxylic acids is 1. The average Bonchev–Trinajstić information content (AvgIpc) is 2.38. The highest BCUT2D eigenvalue weighted by molar-refractivity contribution is 6.34. The lowest BCUT2D eigenvalue weighted by Gasteiger charge is -2.34. The number of hydrogen-bond donors (Lipinski definition) is 1. The number of halogens is 1. The van der Waals surface area contributed by atoms with Gasteiger partial charge in [0, 0.05) is 13.1 Å². The molecule has 1 heterocycles. The van der Waals surface area contributed by atoms with E-state index in [4.69, 9.17) is 11.6 Å². The summed E-state index contributed by atoms with van der Waals surface area (Å²) in [6.45, 7) is 4.04. The highest BCUT2D eigenvalue weighted by Gasteiger charge is 2.23. The zero-order chi connectivity index (χ0) is 13.1. The van der Waals surface area contributed by atoms with Crippen LogP contribution in [0.5, 0.6) is 0 Å². The summed E-state index contributed by atoms with van der Waals surface area (Å²) in [7, 11) is 0. The number of carboxylic acid groups (broad SMARTS) is 1. The van der Waals surface area contributed by atoms with E-state index in [0.29, 0.717) is 5.02 Å². The molecule has 0 unspecified atom stereocenters. The van der Waals surface area contributed by atoms with Gasteiger partial charge >= 0.3 is 5.97 Å². The van der Waals surface area contributed by atoms with Crippen LogP contribution < -0.4 is 4.90 Å². The molecule has 1 aromatic rings. The van der Waals surface area contributed by atoms with E-state index < -0.39 is 5.97 Å². The first-order valence-corrected chi connectivity index (χ1v) is 6.78. The quantitative estimate of drug-likeness (QED) is 0.908. The molecule has 0 aromatic heterocycles. The molecular weight excluding hydrogens is 250 g/mol. The van der Waals surface area contributed by atoms with Crippen molar-refractivity contribution >= 4 is 23.3 Å². The molecule has 1 N–H and O–H groups in total. The maximum atomic E-state index is 11.3. The molecule has 3 nitrogen and oxygen atoms in total. The summed E-state index contributed by atoms with van der Waals surface area (Å²) in [6.07, 6.45) is 3.46. The molecular formula is C14H18ClNO2. The highest BCUT2D eigenvalue weighted by Crippen LogP contribution is 2.31. The van der Waals surface area contributed by atoms with Gasteiger partial charge in [0.25, 0.3) is 0 Å². The molecule has 0 radical (unpaired) electrons. The maximum absolute atomic E-state index is 11.3. The first-order valence-electron chi connectivity index (χ1n) is 6.40. The number of piperidine rings is 1. The standard InChI is InChI=1S/C14H18ClNO2/c1-2-10-6-8-16(9-7-10)12-5-3-4-11(15)13(12)14(17)18/h3-5,10H,2,6-9H2,1H3,(H,17,18). The summed E-state index contributed by atoms with van der Waals surface area (Å²) in [5, 5.41) is 9.58. The lowest BCUT2D eigenvalue weighted by Crippen LogP contribution is -2.34. The van der Waals surface area contributed by atoms with Crippen LogP contribution >= 0.6 is 11.6 Å². The van der Waals surface area contributed by atoms with Gasteiger partial charge in [0.1, 0.15) is 5.56 Å². The topological polar surface area (TPSA) is 40.5 Å². The van der Waals surface area contributed by atoms with Crippen molar-refractivity contribution in [2.24, 2.45) is 5.92 Å². The highest BCUT2D eigenvalue weighted by atomic mass is 35.5. The smallest absolute Gasteiger partial charge is 0.339 e. The molecule has 1 aliphatic rings. The lowest BCUT2D eigenvalue weighted by atomic mass is 9.94.